The number of nitrogens with one attached hydrogen (secondary N) is 1. The van der Waals surface area contributed by atoms with Crippen LogP contribution in [0.25, 0.3) is 22.2 Å². The van der Waals surface area contributed by atoms with Crippen LogP contribution < -0.4 is 26.0 Å². The number of amides is 1. The minimum absolute atomic E-state index is 0.218. The molecule has 0 unspecified atom stereocenters. The van der Waals surface area contributed by atoms with Gasteiger partial charge in [0.05, 0.1) is 16.6 Å². The molecule has 0 radical (unpaired) electrons. The molecule has 0 saturated heterocycles. The number of ether oxygens (including phenoxy) is 2. The molecule has 33 heavy (non-hydrogen) atoms. The quantitative estimate of drug-likeness (QED) is 0.487. The number of anilines is 1. The second-order valence-corrected chi connectivity index (χ2v) is 8.24. The number of carbonyl (C=O) groups is 1. The third-order valence-electron chi connectivity index (χ3n) is 5.34. The van der Waals surface area contributed by atoms with E-state index in [0.29, 0.717) is 46.4 Å². The highest BCUT2D eigenvalue weighted by atomic mass is 32.1. The molecule has 0 spiro atoms. The summed E-state index contributed by atoms with van der Waals surface area (Å²) in [6.07, 6.45) is 0. The maximum absolute atomic E-state index is 12.8. The van der Waals surface area contributed by atoms with Gasteiger partial charge in [-0.3, -0.25) is 18.7 Å². The zero-order valence-electron chi connectivity index (χ0n) is 17.7. The minimum atomic E-state index is -0.521. The Hall–Kier alpha value is -3.92. The third kappa shape index (κ3) is 3.89. The largest absolute Gasteiger partial charge is 0.486 e. The van der Waals surface area contributed by atoms with Crippen LogP contribution in [0.5, 0.6) is 11.5 Å². The van der Waals surface area contributed by atoms with Gasteiger partial charge in [-0.1, -0.05) is 12.1 Å². The molecular weight excluding hydrogens is 444 g/mol. The van der Waals surface area contributed by atoms with Crippen LogP contribution in [0.1, 0.15) is 6.92 Å². The van der Waals surface area contributed by atoms with Gasteiger partial charge in [0.2, 0.25) is 5.91 Å². The monoisotopic (exact) mass is 464 g/mol. The standard InChI is InChI=1S/C23H20N4O5S/c1-2-26-21(29)15-5-3-4-6-17(15)27(23(26)30)12-20(28)25-22-24-16(13-33-22)14-7-8-18-19(11-14)32-10-9-31-18/h3-8,11,13H,2,9-10,12H2,1H3,(H,24,25,28). The summed E-state index contributed by atoms with van der Waals surface area (Å²) >= 11 is 1.28. The van der Waals surface area contributed by atoms with E-state index in [1.165, 1.54) is 15.9 Å². The predicted molar refractivity (Wildman–Crippen MR) is 125 cm³/mol. The molecule has 1 aliphatic heterocycles. The highest BCUT2D eigenvalue weighted by Gasteiger charge is 2.17. The number of aromatic nitrogens is 3. The summed E-state index contributed by atoms with van der Waals surface area (Å²) in [5, 5.41) is 5.38. The lowest BCUT2D eigenvalue weighted by Crippen LogP contribution is -2.41. The Bertz CT molecular complexity index is 1490. The first kappa shape index (κ1) is 21.0. The van der Waals surface area contributed by atoms with Gasteiger partial charge in [0.1, 0.15) is 19.8 Å². The highest BCUT2D eigenvalue weighted by Crippen LogP contribution is 2.35. The Morgan fingerprint density at radius 1 is 1.09 bits per heavy atom. The van der Waals surface area contributed by atoms with E-state index in [1.807, 2.05) is 23.6 Å². The number of carbonyl (C=O) groups excluding carboxylic acids is 1. The first-order valence-corrected chi connectivity index (χ1v) is 11.3. The lowest BCUT2D eigenvalue weighted by atomic mass is 10.1. The van der Waals surface area contributed by atoms with Crippen LogP contribution in [0.15, 0.2) is 57.4 Å². The van der Waals surface area contributed by atoms with E-state index >= 15 is 0 Å². The number of hydrogen-bond acceptors (Lipinski definition) is 7. The molecule has 0 bridgehead atoms. The summed E-state index contributed by atoms with van der Waals surface area (Å²) in [6.45, 7) is 2.71. The van der Waals surface area contributed by atoms with Crippen LogP contribution in [0.4, 0.5) is 5.13 Å². The number of hydrogen-bond donors (Lipinski definition) is 1. The van der Waals surface area contributed by atoms with Gasteiger partial charge >= 0.3 is 5.69 Å². The van der Waals surface area contributed by atoms with Crippen molar-refractivity contribution < 1.29 is 14.3 Å². The molecule has 0 fully saturated rings. The van der Waals surface area contributed by atoms with Crippen molar-refractivity contribution in [2.45, 2.75) is 20.0 Å². The molecule has 168 valence electrons. The van der Waals surface area contributed by atoms with Crippen molar-refractivity contribution in [2.24, 2.45) is 0 Å². The highest BCUT2D eigenvalue weighted by molar-refractivity contribution is 7.14. The van der Waals surface area contributed by atoms with E-state index < -0.39 is 11.6 Å². The second-order valence-electron chi connectivity index (χ2n) is 7.38. The van der Waals surface area contributed by atoms with Gasteiger partial charge in [-0.2, -0.15) is 0 Å². The number of benzene rings is 2. The van der Waals surface area contributed by atoms with E-state index in [-0.39, 0.29) is 18.6 Å². The van der Waals surface area contributed by atoms with Crippen LogP contribution in [-0.4, -0.2) is 33.2 Å². The SMILES string of the molecule is CCn1c(=O)c2ccccc2n(CC(=O)Nc2nc(-c3ccc4c(c3)OCCO4)cs2)c1=O. The molecule has 1 amide bonds. The lowest BCUT2D eigenvalue weighted by molar-refractivity contribution is -0.116. The van der Waals surface area contributed by atoms with Crippen molar-refractivity contribution in [3.63, 3.8) is 0 Å². The molecule has 0 atom stereocenters. The summed E-state index contributed by atoms with van der Waals surface area (Å²) in [7, 11) is 0. The summed E-state index contributed by atoms with van der Waals surface area (Å²) in [5.74, 6) is 0.945. The van der Waals surface area contributed by atoms with Gasteiger partial charge in [-0.15, -0.1) is 11.3 Å². The fraction of sp³-hybridized carbons (Fsp3) is 0.217. The van der Waals surface area contributed by atoms with Gasteiger partial charge in [0.15, 0.2) is 16.6 Å². The molecule has 2 aromatic carbocycles. The normalized spacial score (nSPS) is 12.6. The molecule has 3 heterocycles. The minimum Gasteiger partial charge on any atom is -0.486 e. The third-order valence-corrected chi connectivity index (χ3v) is 6.10. The maximum Gasteiger partial charge on any atom is 0.331 e. The Balaban J connectivity index is 1.39. The average Bonchev–Trinajstić information content (AvgIpc) is 3.30. The van der Waals surface area contributed by atoms with Gasteiger partial charge in [0, 0.05) is 17.5 Å². The van der Waals surface area contributed by atoms with Crippen LogP contribution in [0, 0.1) is 0 Å². The molecule has 0 saturated carbocycles. The maximum atomic E-state index is 12.8. The van der Waals surface area contributed by atoms with E-state index in [9.17, 15) is 14.4 Å². The topological polar surface area (TPSA) is 104 Å². The zero-order chi connectivity index (χ0) is 22.9. The van der Waals surface area contributed by atoms with Crippen LogP contribution in [0.3, 0.4) is 0 Å². The summed E-state index contributed by atoms with van der Waals surface area (Å²) in [4.78, 5) is 42.7. The number of rotatable bonds is 5. The Morgan fingerprint density at radius 2 is 1.88 bits per heavy atom. The molecule has 5 rings (SSSR count). The Labute approximate surface area is 191 Å². The molecule has 2 aromatic heterocycles. The molecule has 4 aromatic rings. The van der Waals surface area contributed by atoms with Crippen molar-refractivity contribution >= 4 is 33.3 Å². The molecule has 1 N–H and O–H groups in total. The summed E-state index contributed by atoms with van der Waals surface area (Å²) < 4.78 is 13.6. The van der Waals surface area contributed by atoms with Crippen molar-refractivity contribution in [3.05, 3.63) is 68.7 Å². The number of thiazole rings is 1. The van der Waals surface area contributed by atoms with Gasteiger partial charge in [-0.05, 0) is 37.3 Å². The number of fused-ring (bicyclic) bond motifs is 2. The molecular formula is C23H20N4O5S. The van der Waals surface area contributed by atoms with Crippen LogP contribution in [-0.2, 0) is 17.9 Å². The second kappa shape index (κ2) is 8.55. The first-order valence-electron chi connectivity index (χ1n) is 10.4. The van der Waals surface area contributed by atoms with E-state index in [1.54, 1.807) is 31.2 Å². The number of nitrogens with zero attached hydrogens (tertiary/aromatic N) is 3. The van der Waals surface area contributed by atoms with Gasteiger partial charge in [0.25, 0.3) is 5.56 Å². The fourth-order valence-electron chi connectivity index (χ4n) is 3.77. The van der Waals surface area contributed by atoms with Crippen molar-refractivity contribution in [2.75, 3.05) is 18.5 Å². The fourth-order valence-corrected chi connectivity index (χ4v) is 4.51. The first-order chi connectivity index (χ1) is 16.0. The van der Waals surface area contributed by atoms with Crippen molar-refractivity contribution in [1.29, 1.82) is 0 Å². The predicted octanol–water partition coefficient (Wildman–Crippen LogP) is 2.72. The molecule has 9 nitrogen and oxygen atoms in total. The van der Waals surface area contributed by atoms with Gasteiger partial charge in [-0.25, -0.2) is 9.78 Å². The lowest BCUT2D eigenvalue weighted by Gasteiger charge is -2.18. The van der Waals surface area contributed by atoms with Crippen molar-refractivity contribution in [3.8, 4) is 22.8 Å². The van der Waals surface area contributed by atoms with E-state index in [4.69, 9.17) is 9.47 Å². The van der Waals surface area contributed by atoms with Crippen LogP contribution in [0.2, 0.25) is 0 Å². The summed E-state index contributed by atoms with van der Waals surface area (Å²) in [6, 6.07) is 12.3. The van der Waals surface area contributed by atoms with Crippen molar-refractivity contribution in [1.82, 2.24) is 14.1 Å². The number of para-hydroxylation sites is 1. The average molecular weight is 465 g/mol. The molecule has 1 aliphatic rings. The zero-order valence-corrected chi connectivity index (χ0v) is 18.6. The Kier molecular flexibility index (Phi) is 5.43. The van der Waals surface area contributed by atoms with E-state index in [2.05, 4.69) is 10.3 Å². The smallest absolute Gasteiger partial charge is 0.331 e. The summed E-state index contributed by atoms with van der Waals surface area (Å²) in [5.41, 5.74) is 1.07. The Morgan fingerprint density at radius 3 is 2.70 bits per heavy atom. The van der Waals surface area contributed by atoms with E-state index in [0.717, 1.165) is 10.1 Å². The van der Waals surface area contributed by atoms with Gasteiger partial charge < -0.3 is 14.8 Å². The molecule has 0 aliphatic carbocycles. The van der Waals surface area contributed by atoms with Crippen LogP contribution >= 0.6 is 11.3 Å². The molecule has 10 heteroatoms.